The van der Waals surface area contributed by atoms with Crippen molar-refractivity contribution in [3.05, 3.63) is 54.0 Å². The highest BCUT2D eigenvalue weighted by molar-refractivity contribution is 5.90. The Hall–Kier alpha value is -3.83. The maximum absolute atomic E-state index is 14.2. The Labute approximate surface area is 177 Å². The minimum absolute atomic E-state index is 0.0811. The molecule has 3 aromatic heterocycles. The van der Waals surface area contributed by atoms with Gasteiger partial charge in [0.25, 0.3) is 0 Å². The van der Waals surface area contributed by atoms with Crippen LogP contribution in [0.2, 0.25) is 0 Å². The zero-order valence-corrected chi connectivity index (χ0v) is 17.0. The molecule has 0 atom stereocenters. The molecular weight excluding hydrogens is 403 g/mol. The van der Waals surface area contributed by atoms with Gasteiger partial charge in [0, 0.05) is 18.9 Å². The van der Waals surface area contributed by atoms with E-state index in [0.717, 1.165) is 0 Å². The Morgan fingerprint density at radius 1 is 1.06 bits per heavy atom. The third kappa shape index (κ3) is 3.83. The second-order valence-electron chi connectivity index (χ2n) is 6.62. The highest BCUT2D eigenvalue weighted by atomic mass is 19.1. The number of nitrogens with two attached hydrogens (primary N) is 2. The number of hydrogen-bond donors (Lipinski definition) is 2. The van der Waals surface area contributed by atoms with Crippen molar-refractivity contribution in [1.29, 1.82) is 0 Å². The van der Waals surface area contributed by atoms with E-state index >= 15 is 0 Å². The predicted molar refractivity (Wildman–Crippen MR) is 114 cm³/mol. The molecule has 4 N–H and O–H groups in total. The van der Waals surface area contributed by atoms with E-state index in [0.29, 0.717) is 28.0 Å². The van der Waals surface area contributed by atoms with Gasteiger partial charge in [-0.1, -0.05) is 18.2 Å². The third-order valence-corrected chi connectivity index (χ3v) is 4.65. The van der Waals surface area contributed by atoms with Crippen molar-refractivity contribution in [3.63, 3.8) is 0 Å². The number of nitrogen functional groups attached to an aromatic ring is 2. The van der Waals surface area contributed by atoms with Crippen LogP contribution in [0.15, 0.2) is 42.6 Å². The average Bonchev–Trinajstić information content (AvgIpc) is 3.13. The number of hydrogen-bond acceptors (Lipinski definition) is 9. The van der Waals surface area contributed by atoms with Crippen LogP contribution in [0, 0.1) is 5.82 Å². The van der Waals surface area contributed by atoms with Crippen LogP contribution in [-0.4, -0.2) is 45.7 Å². The SMILES string of the molecule is COCN(OC)c1c(N)nc(-c2nn(Cc3ccccc3F)c3ncccc23)nc1N. The topological polar surface area (TPSA) is 130 Å². The summed E-state index contributed by atoms with van der Waals surface area (Å²) in [4.78, 5) is 18.4. The van der Waals surface area contributed by atoms with Crippen molar-refractivity contribution in [3.8, 4) is 11.5 Å². The fourth-order valence-electron chi connectivity index (χ4n) is 3.25. The lowest BCUT2D eigenvalue weighted by atomic mass is 10.2. The van der Waals surface area contributed by atoms with Crippen LogP contribution in [0.5, 0.6) is 0 Å². The first kappa shape index (κ1) is 20.4. The van der Waals surface area contributed by atoms with Gasteiger partial charge in [-0.15, -0.1) is 0 Å². The molecule has 0 aliphatic heterocycles. The van der Waals surface area contributed by atoms with E-state index < -0.39 is 0 Å². The van der Waals surface area contributed by atoms with E-state index in [1.54, 1.807) is 35.1 Å². The summed E-state index contributed by atoms with van der Waals surface area (Å²) in [6.07, 6.45) is 1.64. The summed E-state index contributed by atoms with van der Waals surface area (Å²) >= 11 is 0. The third-order valence-electron chi connectivity index (χ3n) is 4.65. The molecule has 0 aliphatic carbocycles. The number of hydroxylamine groups is 1. The fraction of sp³-hybridized carbons (Fsp3) is 0.200. The van der Waals surface area contributed by atoms with E-state index in [1.165, 1.54) is 25.3 Å². The molecule has 4 rings (SSSR count). The number of halogens is 1. The monoisotopic (exact) mass is 424 g/mol. The molecular formula is C20H21FN8O2. The molecule has 0 unspecified atom stereocenters. The Morgan fingerprint density at radius 2 is 1.81 bits per heavy atom. The minimum Gasteiger partial charge on any atom is -0.382 e. The van der Waals surface area contributed by atoms with Crippen molar-refractivity contribution in [2.45, 2.75) is 6.54 Å². The van der Waals surface area contributed by atoms with Gasteiger partial charge in [-0.05, 0) is 18.2 Å². The first-order valence-corrected chi connectivity index (χ1v) is 9.32. The quantitative estimate of drug-likeness (QED) is 0.339. The molecule has 3 heterocycles. The number of methoxy groups -OCH3 is 1. The molecule has 0 saturated carbocycles. The number of anilines is 3. The summed E-state index contributed by atoms with van der Waals surface area (Å²) in [5.74, 6) is 0.0946. The lowest BCUT2D eigenvalue weighted by molar-refractivity contribution is 0.0743. The van der Waals surface area contributed by atoms with Gasteiger partial charge in [0.05, 0.1) is 19.0 Å². The number of rotatable bonds is 7. The van der Waals surface area contributed by atoms with Gasteiger partial charge in [0.1, 0.15) is 18.2 Å². The van der Waals surface area contributed by atoms with E-state index in [1.807, 2.05) is 6.07 Å². The maximum atomic E-state index is 14.2. The second-order valence-corrected chi connectivity index (χ2v) is 6.62. The largest absolute Gasteiger partial charge is 0.382 e. The van der Waals surface area contributed by atoms with Crippen LogP contribution < -0.4 is 16.5 Å². The summed E-state index contributed by atoms with van der Waals surface area (Å²) in [5, 5.41) is 6.62. The molecule has 11 heteroatoms. The van der Waals surface area contributed by atoms with Crippen molar-refractivity contribution in [1.82, 2.24) is 24.7 Å². The molecule has 4 aromatic rings. The molecule has 0 radical (unpaired) electrons. The van der Waals surface area contributed by atoms with E-state index in [9.17, 15) is 4.39 Å². The van der Waals surface area contributed by atoms with Gasteiger partial charge in [0.2, 0.25) is 0 Å². The van der Waals surface area contributed by atoms with Crippen molar-refractivity contribution in [2.24, 2.45) is 0 Å². The molecule has 31 heavy (non-hydrogen) atoms. The van der Waals surface area contributed by atoms with Crippen molar-refractivity contribution < 1.29 is 14.0 Å². The fourth-order valence-corrected chi connectivity index (χ4v) is 3.25. The Morgan fingerprint density at radius 3 is 2.48 bits per heavy atom. The normalized spacial score (nSPS) is 11.2. The summed E-state index contributed by atoms with van der Waals surface area (Å²) in [5.41, 5.74) is 14.1. The van der Waals surface area contributed by atoms with Crippen LogP contribution in [0.25, 0.3) is 22.6 Å². The minimum atomic E-state index is -0.324. The zero-order valence-electron chi connectivity index (χ0n) is 17.0. The van der Waals surface area contributed by atoms with Crippen LogP contribution >= 0.6 is 0 Å². The van der Waals surface area contributed by atoms with Crippen LogP contribution in [0.1, 0.15) is 5.56 Å². The Balaban J connectivity index is 1.81. The molecule has 160 valence electrons. The van der Waals surface area contributed by atoms with Gasteiger partial charge in [0.15, 0.2) is 28.8 Å². The van der Waals surface area contributed by atoms with Crippen LogP contribution in [-0.2, 0) is 16.1 Å². The zero-order chi connectivity index (χ0) is 22.0. The van der Waals surface area contributed by atoms with Gasteiger partial charge < -0.3 is 16.2 Å². The summed E-state index contributed by atoms with van der Waals surface area (Å²) in [7, 11) is 2.96. The lowest BCUT2D eigenvalue weighted by Crippen LogP contribution is -2.27. The molecule has 10 nitrogen and oxygen atoms in total. The number of fused-ring (bicyclic) bond motifs is 1. The standard InChI is InChI=1S/C20H21FN8O2/c1-30-11-29(31-2)16-17(22)25-19(26-18(16)23)15-13-7-5-9-24-20(13)28(27-15)10-12-6-3-4-8-14(12)21/h3-9H,10-11H2,1-2H3,(H4,22,23,25,26). The average molecular weight is 424 g/mol. The number of nitrogens with zero attached hydrogens (tertiary/aromatic N) is 6. The predicted octanol–water partition coefficient (Wildman–Crippen LogP) is 2.21. The number of ether oxygens (including phenoxy) is 1. The lowest BCUT2D eigenvalue weighted by Gasteiger charge is -2.22. The van der Waals surface area contributed by atoms with Gasteiger partial charge >= 0.3 is 0 Å². The number of benzene rings is 1. The molecule has 0 fully saturated rings. The van der Waals surface area contributed by atoms with Gasteiger partial charge in [-0.2, -0.15) is 5.10 Å². The first-order chi connectivity index (χ1) is 15.0. The molecule has 0 amide bonds. The first-order valence-electron chi connectivity index (χ1n) is 9.32. The van der Waals surface area contributed by atoms with Gasteiger partial charge in [-0.25, -0.2) is 29.1 Å². The summed E-state index contributed by atoms with van der Waals surface area (Å²) in [6.45, 7) is 0.270. The second kappa shape index (κ2) is 8.50. The van der Waals surface area contributed by atoms with E-state index in [4.69, 9.17) is 21.0 Å². The molecule has 0 saturated heterocycles. The molecule has 0 aliphatic rings. The number of pyridine rings is 1. The van der Waals surface area contributed by atoms with Crippen molar-refractivity contribution >= 4 is 28.4 Å². The molecule has 0 bridgehead atoms. The molecule has 1 aromatic carbocycles. The maximum Gasteiger partial charge on any atom is 0.184 e. The summed E-state index contributed by atoms with van der Waals surface area (Å²) in [6, 6.07) is 10.1. The van der Waals surface area contributed by atoms with Crippen LogP contribution in [0.4, 0.5) is 21.7 Å². The Bertz CT molecular complexity index is 1210. The number of aromatic nitrogens is 5. The highest BCUT2D eigenvalue weighted by Gasteiger charge is 2.22. The Kier molecular flexibility index (Phi) is 5.60. The van der Waals surface area contributed by atoms with E-state index in [-0.39, 0.29) is 36.6 Å². The van der Waals surface area contributed by atoms with E-state index in [2.05, 4.69) is 20.1 Å². The smallest absolute Gasteiger partial charge is 0.184 e. The van der Waals surface area contributed by atoms with Crippen molar-refractivity contribution in [2.75, 3.05) is 37.5 Å². The molecule has 0 spiro atoms. The highest BCUT2D eigenvalue weighted by Crippen LogP contribution is 2.32. The van der Waals surface area contributed by atoms with Crippen LogP contribution in [0.3, 0.4) is 0 Å². The van der Waals surface area contributed by atoms with Gasteiger partial charge in [-0.3, -0.25) is 4.84 Å². The summed E-state index contributed by atoms with van der Waals surface area (Å²) < 4.78 is 20.9.